The molecule has 0 bridgehead atoms. The third-order valence-corrected chi connectivity index (χ3v) is 0. The molecule has 5 heavy (non-hydrogen) atoms. The van der Waals surface area contributed by atoms with E-state index in [0.29, 0.717) is 0 Å². The summed E-state index contributed by atoms with van der Waals surface area (Å²) in [4.78, 5) is 0. The molecule has 0 nitrogen and oxygen atoms in total. The summed E-state index contributed by atoms with van der Waals surface area (Å²) in [5.74, 6) is 0. The molecule has 0 aromatic rings. The van der Waals surface area contributed by atoms with Crippen LogP contribution in [0.5, 0.6) is 0 Å². The van der Waals surface area contributed by atoms with Crippen LogP contribution in [0.2, 0.25) is 0 Å². The molecule has 0 aliphatic carbocycles. The predicted molar refractivity (Wildman–Crippen MR) is 11.3 cm³/mol. The van der Waals surface area contributed by atoms with Gasteiger partial charge in [-0.2, -0.15) is 0 Å². The molecule has 0 fully saturated rings. The average Bonchev–Trinajstić information content (AvgIpc) is 0. The molecule has 0 aliphatic rings. The zero-order valence-corrected chi connectivity index (χ0v) is 8.44. The van der Waals surface area contributed by atoms with Gasteiger partial charge in [0.05, 0.1) is 0 Å². The van der Waals surface area contributed by atoms with Gasteiger partial charge in [-0.1, -0.05) is 8.41 Å². The van der Waals surface area contributed by atoms with E-state index < -0.39 is 0 Å². The maximum absolute atomic E-state index is 0. The first-order chi connectivity index (χ1) is 0. The first-order valence-electron chi connectivity index (χ1n) is 0. The summed E-state index contributed by atoms with van der Waals surface area (Å²) in [6.07, 6.45) is 0. The van der Waals surface area contributed by atoms with Gasteiger partial charge >= 0.3 is 59.1 Å². The monoisotopic (exact) mass is 154 g/mol. The Morgan fingerprint density at radius 1 is 0.800 bits per heavy atom. The van der Waals surface area contributed by atoms with Crippen LogP contribution in [-0.2, 0) is 16.5 Å². The van der Waals surface area contributed by atoms with Crippen LogP contribution >= 0.6 is 0 Å². The molecule has 26 valence electrons. The second-order valence-electron chi connectivity index (χ2n) is 0. The van der Waals surface area contributed by atoms with E-state index in [1.54, 1.807) is 0 Å². The second kappa shape index (κ2) is 28.9. The molecule has 0 rings (SSSR count). The molecule has 0 amide bonds. The van der Waals surface area contributed by atoms with E-state index >= 15 is 0 Å². The van der Waals surface area contributed by atoms with Crippen LogP contribution in [0, 0.1) is 0 Å². The van der Waals surface area contributed by atoms with Crippen molar-refractivity contribution in [1.29, 1.82) is 0 Å². The van der Waals surface area contributed by atoms with Crippen molar-refractivity contribution in [3.8, 4) is 0 Å². The molecule has 0 aromatic heterocycles. The van der Waals surface area contributed by atoms with E-state index in [2.05, 4.69) is 0 Å². The molecule has 0 spiro atoms. The van der Waals surface area contributed by atoms with Crippen molar-refractivity contribution in [2.24, 2.45) is 0 Å². The van der Waals surface area contributed by atoms with Crippen molar-refractivity contribution in [3.63, 3.8) is 0 Å². The molecule has 0 saturated carbocycles. The smallest absolute Gasteiger partial charge is 1.00 e. The molecule has 0 atom stereocenters. The Labute approximate surface area is 94.7 Å². The molecule has 0 N–H and O–H groups in total. The minimum Gasteiger partial charge on any atom is -1.00 e. The van der Waals surface area contributed by atoms with Gasteiger partial charge in [0.1, 0.15) is 0 Å². The number of hydrogen-bond acceptors (Lipinski definition) is 0. The van der Waals surface area contributed by atoms with E-state index in [1.165, 1.54) is 0 Å². The van der Waals surface area contributed by atoms with Gasteiger partial charge in [-0.3, -0.25) is 0 Å². The topological polar surface area (TPSA) is 0 Å². The van der Waals surface area contributed by atoms with E-state index in [9.17, 15) is 0 Å². The third kappa shape index (κ3) is 19.8. The third-order valence-electron chi connectivity index (χ3n) is 0. The Bertz CT molecular complexity index is 9.61. The Morgan fingerprint density at radius 3 is 0.800 bits per heavy atom. The van der Waals surface area contributed by atoms with Crippen LogP contribution in [-0.4, -0.2) is 8.41 Å². The van der Waals surface area contributed by atoms with Crippen molar-refractivity contribution < 1.29 is 88.0 Å². The summed E-state index contributed by atoms with van der Waals surface area (Å²) < 4.78 is 0. The molecule has 5 heteroatoms. The number of hydrogen-bond donors (Lipinski definition) is 0. The zero-order valence-electron chi connectivity index (χ0n) is 2.69. The molecular formula is H4BClNa2Ni. The summed E-state index contributed by atoms with van der Waals surface area (Å²) in [5.41, 5.74) is 0. The van der Waals surface area contributed by atoms with Crippen molar-refractivity contribution in [3.05, 3.63) is 0 Å². The van der Waals surface area contributed by atoms with Crippen molar-refractivity contribution in [2.45, 2.75) is 0 Å². The fourth-order valence-electron chi connectivity index (χ4n) is 0. The summed E-state index contributed by atoms with van der Waals surface area (Å²) in [6, 6.07) is 0. The Hall–Kier alpha value is 2.85. The van der Waals surface area contributed by atoms with Gasteiger partial charge in [-0.15, -0.1) is 0 Å². The van der Waals surface area contributed by atoms with Gasteiger partial charge in [-0.25, -0.2) is 0 Å². The van der Waals surface area contributed by atoms with Gasteiger partial charge in [0.2, 0.25) is 0 Å². The van der Waals surface area contributed by atoms with Crippen LogP contribution in [0.25, 0.3) is 0 Å². The van der Waals surface area contributed by atoms with E-state index in [0.717, 1.165) is 0 Å². The Kier molecular flexibility index (Phi) is 262. The van der Waals surface area contributed by atoms with E-state index in [1.807, 2.05) is 0 Å². The van der Waals surface area contributed by atoms with Crippen molar-refractivity contribution >= 4 is 8.41 Å². The van der Waals surface area contributed by atoms with Gasteiger partial charge in [0.15, 0.2) is 0 Å². The quantitative estimate of drug-likeness (QED) is 0.305. The maximum atomic E-state index is 0. The molecule has 0 heterocycles. The van der Waals surface area contributed by atoms with Crippen molar-refractivity contribution in [2.75, 3.05) is 0 Å². The normalized spacial score (nSPS) is 0. The molecular weight excluding hydrogens is 151 g/mol. The fourth-order valence-corrected chi connectivity index (χ4v) is 0. The summed E-state index contributed by atoms with van der Waals surface area (Å²) >= 11 is 0. The Balaban J connectivity index is 0. The van der Waals surface area contributed by atoms with Crippen LogP contribution in [0.15, 0.2) is 0 Å². The minimum atomic E-state index is 0. The minimum absolute atomic E-state index is 0. The molecule has 0 radical (unpaired) electrons. The van der Waals surface area contributed by atoms with Crippen LogP contribution in [0.3, 0.4) is 0 Å². The maximum Gasteiger partial charge on any atom is 1.00 e. The summed E-state index contributed by atoms with van der Waals surface area (Å²) in [6.45, 7) is 0. The number of halogens is 1. The first-order valence-corrected chi connectivity index (χ1v) is 0. The molecule has 0 unspecified atom stereocenters. The first kappa shape index (κ1) is 45.4. The molecule has 0 aliphatic heterocycles. The molecule has 0 saturated heterocycles. The Morgan fingerprint density at radius 2 is 0.800 bits per heavy atom. The number of rotatable bonds is 0. The van der Waals surface area contributed by atoms with Gasteiger partial charge in [-0.05, 0) is 0 Å². The average molecular weight is 155 g/mol. The zero-order chi connectivity index (χ0) is 0. The van der Waals surface area contributed by atoms with Gasteiger partial charge in [0.25, 0.3) is 0 Å². The van der Waals surface area contributed by atoms with Gasteiger partial charge < -0.3 is 12.4 Å². The molecule has 0 aromatic carbocycles. The van der Waals surface area contributed by atoms with Gasteiger partial charge in [0, 0.05) is 16.5 Å². The standard InChI is InChI=1S/BH4.ClH.2Na.Ni/h1H4;1H;;;/q-1;;2*+1;/p-1. The predicted octanol–water partition coefficient (Wildman–Crippen LogP) is -10.4. The van der Waals surface area contributed by atoms with Crippen molar-refractivity contribution in [1.82, 2.24) is 0 Å². The summed E-state index contributed by atoms with van der Waals surface area (Å²) in [7, 11) is 0. The van der Waals surface area contributed by atoms with E-state index in [4.69, 9.17) is 0 Å². The SMILES string of the molecule is [BH4-].[Cl-].[Na+].[Na+].[Ni]. The largest absolute Gasteiger partial charge is 1.00 e. The second-order valence-corrected chi connectivity index (χ2v) is 0. The van der Waals surface area contributed by atoms with Crippen LogP contribution < -0.4 is 71.5 Å². The summed E-state index contributed by atoms with van der Waals surface area (Å²) in [5, 5.41) is 0. The fraction of sp³-hybridized carbons (Fsp3) is 0. The van der Waals surface area contributed by atoms with Crippen LogP contribution in [0.1, 0.15) is 0 Å². The van der Waals surface area contributed by atoms with E-state index in [-0.39, 0.29) is 96.4 Å². The van der Waals surface area contributed by atoms with Crippen LogP contribution in [0.4, 0.5) is 0 Å².